The summed E-state index contributed by atoms with van der Waals surface area (Å²) in [7, 11) is 1.71. The quantitative estimate of drug-likeness (QED) is 0.586. The largest absolute Gasteiger partial charge is 0.480 e. The van der Waals surface area contributed by atoms with Crippen LogP contribution in [-0.4, -0.2) is 53.1 Å². The van der Waals surface area contributed by atoms with Crippen LogP contribution in [0.1, 0.15) is 25.7 Å². The first-order chi connectivity index (χ1) is 8.07. The smallest absolute Gasteiger partial charge is 0.326 e. The fourth-order valence-electron chi connectivity index (χ4n) is 2.04. The molecule has 5 nitrogen and oxygen atoms in total. The van der Waals surface area contributed by atoms with Gasteiger partial charge in [0.05, 0.1) is 0 Å². The number of carbonyl (C=O) groups is 2. The summed E-state index contributed by atoms with van der Waals surface area (Å²) >= 11 is 0. The Morgan fingerprint density at radius 2 is 2.29 bits per heavy atom. The molecule has 0 spiro atoms. The first kappa shape index (κ1) is 13.5. The van der Waals surface area contributed by atoms with Crippen LogP contribution in [0.25, 0.3) is 0 Å². The summed E-state index contributed by atoms with van der Waals surface area (Å²) in [4.78, 5) is 26.0. The predicted molar refractivity (Wildman–Crippen MR) is 64.8 cm³/mol. The molecule has 1 aliphatic rings. The minimum atomic E-state index is -0.907. The maximum absolute atomic E-state index is 12.0. The zero-order valence-corrected chi connectivity index (χ0v) is 10.3. The molecule has 1 aliphatic heterocycles. The Morgan fingerprint density at radius 3 is 2.88 bits per heavy atom. The summed E-state index contributed by atoms with van der Waals surface area (Å²) < 4.78 is 0. The molecule has 0 saturated carbocycles. The molecule has 0 aromatic heterocycles. The Morgan fingerprint density at radius 1 is 1.59 bits per heavy atom. The van der Waals surface area contributed by atoms with E-state index in [9.17, 15) is 9.59 Å². The molecule has 1 atom stereocenters. The van der Waals surface area contributed by atoms with Crippen LogP contribution >= 0.6 is 0 Å². The standard InChI is InChI=1S/C12H20N2O3/c1-3-4-5-8-13(2)12(17)14-9-6-7-10(14)11(15)16/h3,10H,1,4-9H2,2H3,(H,15,16)/t10-/m1/s1. The lowest BCUT2D eigenvalue weighted by Crippen LogP contribution is -2.46. The van der Waals surface area contributed by atoms with Crippen molar-refractivity contribution in [2.45, 2.75) is 31.7 Å². The molecule has 0 bridgehead atoms. The molecule has 1 fully saturated rings. The second-order valence-corrected chi connectivity index (χ2v) is 4.32. The molecule has 0 aromatic rings. The summed E-state index contributed by atoms with van der Waals surface area (Å²) in [5.74, 6) is -0.907. The van der Waals surface area contributed by atoms with E-state index in [1.54, 1.807) is 11.9 Å². The molecule has 1 N–H and O–H groups in total. The van der Waals surface area contributed by atoms with Gasteiger partial charge in [-0.1, -0.05) is 6.08 Å². The Hall–Kier alpha value is -1.52. The minimum absolute atomic E-state index is 0.182. The summed E-state index contributed by atoms with van der Waals surface area (Å²) in [6.07, 6.45) is 4.86. The van der Waals surface area contributed by atoms with Crippen LogP contribution in [0.3, 0.4) is 0 Å². The number of hydrogen-bond acceptors (Lipinski definition) is 2. The fourth-order valence-corrected chi connectivity index (χ4v) is 2.04. The van der Waals surface area contributed by atoms with Gasteiger partial charge < -0.3 is 14.9 Å². The van der Waals surface area contributed by atoms with E-state index in [0.29, 0.717) is 19.5 Å². The highest BCUT2D eigenvalue weighted by atomic mass is 16.4. The average molecular weight is 240 g/mol. The predicted octanol–water partition coefficient (Wildman–Crippen LogP) is 1.55. The number of aliphatic carboxylic acids is 1. The van der Waals surface area contributed by atoms with Gasteiger partial charge in [-0.2, -0.15) is 0 Å². The van der Waals surface area contributed by atoms with Crippen molar-refractivity contribution in [3.05, 3.63) is 12.7 Å². The summed E-state index contributed by atoms with van der Waals surface area (Å²) in [5.41, 5.74) is 0. The van der Waals surface area contributed by atoms with Crippen LogP contribution in [0, 0.1) is 0 Å². The van der Waals surface area contributed by atoms with Crippen molar-refractivity contribution in [2.24, 2.45) is 0 Å². The van der Waals surface area contributed by atoms with Gasteiger partial charge in [0.25, 0.3) is 0 Å². The number of likely N-dealkylation sites (tertiary alicyclic amines) is 1. The maximum atomic E-state index is 12.0. The van der Waals surface area contributed by atoms with Gasteiger partial charge in [-0.05, 0) is 25.7 Å². The Balaban J connectivity index is 2.50. The average Bonchev–Trinajstić information content (AvgIpc) is 2.77. The van der Waals surface area contributed by atoms with Crippen LogP contribution in [0.2, 0.25) is 0 Å². The number of carboxylic acids is 1. The highest BCUT2D eigenvalue weighted by Gasteiger charge is 2.35. The van der Waals surface area contributed by atoms with E-state index < -0.39 is 12.0 Å². The van der Waals surface area contributed by atoms with Gasteiger partial charge in [0, 0.05) is 20.1 Å². The summed E-state index contributed by atoms with van der Waals surface area (Å²) in [6, 6.07) is -0.830. The number of allylic oxidation sites excluding steroid dienone is 1. The van der Waals surface area contributed by atoms with Crippen LogP contribution in [0.4, 0.5) is 4.79 Å². The van der Waals surface area contributed by atoms with Gasteiger partial charge in [-0.25, -0.2) is 9.59 Å². The normalized spacial score (nSPS) is 19.1. The monoisotopic (exact) mass is 240 g/mol. The van der Waals surface area contributed by atoms with E-state index >= 15 is 0 Å². The lowest BCUT2D eigenvalue weighted by Gasteiger charge is -2.27. The van der Waals surface area contributed by atoms with Crippen molar-refractivity contribution in [3.63, 3.8) is 0 Å². The van der Waals surface area contributed by atoms with Crippen LogP contribution in [0.5, 0.6) is 0 Å². The number of rotatable bonds is 5. The third kappa shape index (κ3) is 3.47. The fraction of sp³-hybridized carbons (Fsp3) is 0.667. The Kier molecular flexibility index (Phi) is 5.00. The van der Waals surface area contributed by atoms with Gasteiger partial charge in [0.15, 0.2) is 0 Å². The SMILES string of the molecule is C=CCCCN(C)C(=O)N1CCC[C@@H]1C(=O)O. The van der Waals surface area contributed by atoms with Crippen molar-refractivity contribution in [1.29, 1.82) is 0 Å². The van der Waals surface area contributed by atoms with Crippen LogP contribution < -0.4 is 0 Å². The van der Waals surface area contributed by atoms with Crippen LogP contribution in [-0.2, 0) is 4.79 Å². The lowest BCUT2D eigenvalue weighted by molar-refractivity contribution is -0.141. The molecule has 0 aromatic carbocycles. The summed E-state index contributed by atoms with van der Waals surface area (Å²) in [6.45, 7) is 4.80. The molecule has 1 rings (SSSR count). The molecule has 1 saturated heterocycles. The number of hydrogen-bond donors (Lipinski definition) is 1. The molecule has 0 unspecified atom stereocenters. The van der Waals surface area contributed by atoms with Gasteiger partial charge in [0.1, 0.15) is 6.04 Å². The maximum Gasteiger partial charge on any atom is 0.326 e. The van der Waals surface area contributed by atoms with Gasteiger partial charge in [-0.3, -0.25) is 0 Å². The highest BCUT2D eigenvalue weighted by Crippen LogP contribution is 2.19. The van der Waals surface area contributed by atoms with E-state index in [4.69, 9.17) is 5.11 Å². The molecule has 0 radical (unpaired) electrons. The summed E-state index contributed by atoms with van der Waals surface area (Å²) in [5, 5.41) is 9.00. The molecule has 2 amide bonds. The van der Waals surface area contributed by atoms with E-state index in [-0.39, 0.29) is 6.03 Å². The first-order valence-electron chi connectivity index (χ1n) is 5.93. The molecule has 5 heteroatoms. The van der Waals surface area contributed by atoms with Crippen LogP contribution in [0.15, 0.2) is 12.7 Å². The third-order valence-electron chi connectivity index (χ3n) is 3.01. The highest BCUT2D eigenvalue weighted by molar-refractivity contribution is 5.83. The molecular formula is C12H20N2O3. The Labute approximate surface area is 102 Å². The zero-order valence-electron chi connectivity index (χ0n) is 10.3. The van der Waals surface area contributed by atoms with Gasteiger partial charge in [0.2, 0.25) is 0 Å². The van der Waals surface area contributed by atoms with E-state index in [1.165, 1.54) is 4.90 Å². The number of amides is 2. The third-order valence-corrected chi connectivity index (χ3v) is 3.01. The van der Waals surface area contributed by atoms with E-state index in [2.05, 4.69) is 6.58 Å². The number of carboxylic acid groups (broad SMARTS) is 1. The van der Waals surface area contributed by atoms with E-state index in [0.717, 1.165) is 19.3 Å². The topological polar surface area (TPSA) is 60.9 Å². The van der Waals surface area contributed by atoms with E-state index in [1.807, 2.05) is 6.08 Å². The van der Waals surface area contributed by atoms with Crippen molar-refractivity contribution < 1.29 is 14.7 Å². The molecule has 17 heavy (non-hydrogen) atoms. The van der Waals surface area contributed by atoms with Crippen molar-refractivity contribution >= 4 is 12.0 Å². The lowest BCUT2D eigenvalue weighted by atomic mass is 10.2. The second-order valence-electron chi connectivity index (χ2n) is 4.32. The number of carbonyl (C=O) groups excluding carboxylic acids is 1. The first-order valence-corrected chi connectivity index (χ1v) is 5.93. The number of nitrogens with zero attached hydrogens (tertiary/aromatic N) is 2. The van der Waals surface area contributed by atoms with Crippen molar-refractivity contribution in [1.82, 2.24) is 9.80 Å². The second kappa shape index (κ2) is 6.27. The van der Waals surface area contributed by atoms with Crippen molar-refractivity contribution in [2.75, 3.05) is 20.1 Å². The minimum Gasteiger partial charge on any atom is -0.480 e. The number of unbranched alkanes of at least 4 members (excludes halogenated alkanes) is 1. The number of urea groups is 1. The van der Waals surface area contributed by atoms with Gasteiger partial charge in [-0.15, -0.1) is 6.58 Å². The molecule has 96 valence electrons. The van der Waals surface area contributed by atoms with Gasteiger partial charge >= 0.3 is 12.0 Å². The van der Waals surface area contributed by atoms with Crippen molar-refractivity contribution in [3.8, 4) is 0 Å². The Bertz CT molecular complexity index is 304. The molecule has 1 heterocycles. The molecule has 0 aliphatic carbocycles. The zero-order chi connectivity index (χ0) is 12.8. The molecular weight excluding hydrogens is 220 g/mol.